The Labute approximate surface area is 170 Å². The molecule has 1 aromatic carbocycles. The molecule has 2 fully saturated rings. The van der Waals surface area contributed by atoms with Gasteiger partial charge in [-0.15, -0.1) is 0 Å². The van der Waals surface area contributed by atoms with Crippen LogP contribution < -0.4 is 0 Å². The van der Waals surface area contributed by atoms with Crippen LogP contribution in [-0.2, 0) is 9.59 Å². The zero-order valence-corrected chi connectivity index (χ0v) is 16.8. The lowest BCUT2D eigenvalue weighted by Gasteiger charge is -2.39. The van der Waals surface area contributed by atoms with Crippen molar-refractivity contribution in [3.05, 3.63) is 46.0 Å². The molecule has 0 saturated carbocycles. The molecule has 0 spiro atoms. The topological polar surface area (TPSA) is 87.0 Å². The number of para-hydroxylation sites is 1. The quantitative estimate of drug-likeness (QED) is 0.429. The van der Waals surface area contributed by atoms with Gasteiger partial charge in [-0.05, 0) is 38.3 Å². The van der Waals surface area contributed by atoms with Crippen molar-refractivity contribution in [2.75, 3.05) is 39.3 Å². The number of carbonyl (C=O) groups is 2. The van der Waals surface area contributed by atoms with Gasteiger partial charge in [0, 0.05) is 51.4 Å². The van der Waals surface area contributed by atoms with Crippen molar-refractivity contribution in [2.24, 2.45) is 0 Å². The Morgan fingerprint density at radius 3 is 2.31 bits per heavy atom. The molecule has 8 nitrogen and oxygen atoms in total. The number of nitrogens with zero attached hydrogens (tertiary/aromatic N) is 4. The number of nitro groups is 1. The van der Waals surface area contributed by atoms with Gasteiger partial charge in [0.1, 0.15) is 0 Å². The summed E-state index contributed by atoms with van der Waals surface area (Å²) in [6.07, 6.45) is 6.23. The first-order valence-electron chi connectivity index (χ1n) is 10.2. The van der Waals surface area contributed by atoms with E-state index in [9.17, 15) is 19.7 Å². The molecule has 2 aliphatic rings. The highest BCUT2D eigenvalue weighted by Crippen LogP contribution is 2.19. The zero-order chi connectivity index (χ0) is 20.8. The average Bonchev–Trinajstić information content (AvgIpc) is 2.77. The van der Waals surface area contributed by atoms with E-state index < -0.39 is 4.92 Å². The second-order valence-corrected chi connectivity index (χ2v) is 7.57. The van der Waals surface area contributed by atoms with Crippen molar-refractivity contribution in [2.45, 2.75) is 32.2 Å². The van der Waals surface area contributed by atoms with Crippen LogP contribution in [0.5, 0.6) is 0 Å². The number of hydrogen-bond acceptors (Lipinski definition) is 5. The van der Waals surface area contributed by atoms with Crippen LogP contribution in [0.15, 0.2) is 30.3 Å². The van der Waals surface area contributed by atoms with Gasteiger partial charge < -0.3 is 9.80 Å². The fourth-order valence-corrected chi connectivity index (χ4v) is 3.93. The lowest BCUT2D eigenvalue weighted by Crippen LogP contribution is -2.55. The van der Waals surface area contributed by atoms with E-state index in [1.54, 1.807) is 23.1 Å². The van der Waals surface area contributed by atoms with Gasteiger partial charge in [-0.1, -0.05) is 12.1 Å². The first-order chi connectivity index (χ1) is 14.0. The lowest BCUT2D eigenvalue weighted by molar-refractivity contribution is -0.385. The van der Waals surface area contributed by atoms with Crippen LogP contribution in [0.25, 0.3) is 6.08 Å². The van der Waals surface area contributed by atoms with E-state index in [0.717, 1.165) is 25.9 Å². The summed E-state index contributed by atoms with van der Waals surface area (Å²) < 4.78 is 0. The predicted octanol–water partition coefficient (Wildman–Crippen LogP) is 2.15. The molecule has 1 unspecified atom stereocenters. The van der Waals surface area contributed by atoms with E-state index in [-0.39, 0.29) is 23.5 Å². The fourth-order valence-electron chi connectivity index (χ4n) is 3.93. The maximum absolute atomic E-state index is 12.7. The molecule has 0 aliphatic carbocycles. The van der Waals surface area contributed by atoms with Crippen molar-refractivity contribution < 1.29 is 14.5 Å². The van der Waals surface area contributed by atoms with Gasteiger partial charge in [0.15, 0.2) is 0 Å². The number of piperidine rings is 1. The molecule has 3 rings (SSSR count). The third-order valence-electron chi connectivity index (χ3n) is 5.74. The molecule has 0 N–H and O–H groups in total. The molecule has 156 valence electrons. The summed E-state index contributed by atoms with van der Waals surface area (Å²) in [7, 11) is 0. The number of amides is 2. The van der Waals surface area contributed by atoms with Crippen LogP contribution in [0.4, 0.5) is 5.69 Å². The van der Waals surface area contributed by atoms with Crippen LogP contribution >= 0.6 is 0 Å². The summed E-state index contributed by atoms with van der Waals surface area (Å²) in [5.41, 5.74) is 0.386. The Kier molecular flexibility index (Phi) is 6.98. The van der Waals surface area contributed by atoms with E-state index >= 15 is 0 Å². The number of likely N-dealkylation sites (tertiary alicyclic amines) is 1. The summed E-state index contributed by atoms with van der Waals surface area (Å²) in [5.74, 6) is 0.0126. The van der Waals surface area contributed by atoms with E-state index in [0.29, 0.717) is 31.7 Å². The van der Waals surface area contributed by atoms with Gasteiger partial charge in [0.2, 0.25) is 11.8 Å². The molecular weight excluding hydrogens is 372 g/mol. The molecule has 2 aliphatic heterocycles. The molecule has 0 aromatic heterocycles. The number of hydrogen-bond donors (Lipinski definition) is 0. The zero-order valence-electron chi connectivity index (χ0n) is 16.8. The van der Waals surface area contributed by atoms with Gasteiger partial charge in [-0.3, -0.25) is 24.6 Å². The third kappa shape index (κ3) is 5.20. The molecular formula is C21H28N4O4. The Morgan fingerprint density at radius 2 is 1.66 bits per heavy atom. The van der Waals surface area contributed by atoms with Gasteiger partial charge in [-0.2, -0.15) is 0 Å². The summed E-state index contributed by atoms with van der Waals surface area (Å²) >= 11 is 0. The van der Waals surface area contributed by atoms with Crippen molar-refractivity contribution in [1.29, 1.82) is 0 Å². The van der Waals surface area contributed by atoms with Crippen molar-refractivity contribution >= 4 is 23.6 Å². The second-order valence-electron chi connectivity index (χ2n) is 7.57. The summed E-state index contributed by atoms with van der Waals surface area (Å²) in [5, 5.41) is 11.1. The maximum atomic E-state index is 12.7. The van der Waals surface area contributed by atoms with Crippen LogP contribution in [0.2, 0.25) is 0 Å². The van der Waals surface area contributed by atoms with Crippen LogP contribution in [0.3, 0.4) is 0 Å². The van der Waals surface area contributed by atoms with Crippen LogP contribution in [-0.4, -0.2) is 76.7 Å². The van der Waals surface area contributed by atoms with Gasteiger partial charge in [-0.25, -0.2) is 0 Å². The number of carbonyl (C=O) groups excluding carboxylic acids is 2. The first-order valence-corrected chi connectivity index (χ1v) is 10.2. The maximum Gasteiger partial charge on any atom is 0.276 e. The number of rotatable bonds is 5. The third-order valence-corrected chi connectivity index (χ3v) is 5.74. The fraction of sp³-hybridized carbons (Fsp3) is 0.524. The number of benzene rings is 1. The highest BCUT2D eigenvalue weighted by atomic mass is 16.6. The minimum Gasteiger partial charge on any atom is -0.341 e. The second kappa shape index (κ2) is 9.65. The van der Waals surface area contributed by atoms with Crippen LogP contribution in [0, 0.1) is 10.1 Å². The normalized spacial score (nSPS) is 19.3. The Bertz CT molecular complexity index is 781. The Morgan fingerprint density at radius 1 is 1.00 bits per heavy atom. The SMILES string of the molecule is CC(C(=O)N1CCCCC1)N1CCN(C(=O)/C=C/c2ccccc2[N+](=O)[O-])CC1. The predicted molar refractivity (Wildman–Crippen MR) is 110 cm³/mol. The molecule has 8 heteroatoms. The summed E-state index contributed by atoms with van der Waals surface area (Å²) in [4.78, 5) is 41.6. The largest absolute Gasteiger partial charge is 0.341 e. The molecule has 29 heavy (non-hydrogen) atoms. The minimum absolute atomic E-state index is 0.0218. The van der Waals surface area contributed by atoms with E-state index in [2.05, 4.69) is 4.90 Å². The monoisotopic (exact) mass is 400 g/mol. The summed E-state index contributed by atoms with van der Waals surface area (Å²) in [6.45, 7) is 6.01. The molecule has 2 amide bonds. The van der Waals surface area contributed by atoms with Crippen LogP contribution in [0.1, 0.15) is 31.7 Å². The number of piperazine rings is 1. The minimum atomic E-state index is -0.455. The lowest BCUT2D eigenvalue weighted by atomic mass is 10.1. The Balaban J connectivity index is 1.53. The first kappa shape index (κ1) is 21.0. The van der Waals surface area contributed by atoms with Crippen molar-refractivity contribution in [1.82, 2.24) is 14.7 Å². The molecule has 1 aromatic rings. The standard InChI is InChI=1S/C21H28N4O4/c1-17(21(27)24-11-5-2-6-12-24)22-13-15-23(16-14-22)20(26)10-9-18-7-3-4-8-19(18)25(28)29/h3-4,7-10,17H,2,5-6,11-16H2,1H3/b10-9+. The highest BCUT2D eigenvalue weighted by Gasteiger charge is 2.30. The van der Waals surface area contributed by atoms with Gasteiger partial charge in [0.25, 0.3) is 5.69 Å². The average molecular weight is 400 g/mol. The highest BCUT2D eigenvalue weighted by molar-refractivity contribution is 5.92. The molecule has 1 atom stereocenters. The molecule has 0 radical (unpaired) electrons. The molecule has 2 saturated heterocycles. The smallest absolute Gasteiger partial charge is 0.276 e. The molecule has 2 heterocycles. The summed E-state index contributed by atoms with van der Waals surface area (Å²) in [6, 6.07) is 6.17. The van der Waals surface area contributed by atoms with Gasteiger partial charge >= 0.3 is 0 Å². The van der Waals surface area contributed by atoms with Crippen molar-refractivity contribution in [3.8, 4) is 0 Å². The van der Waals surface area contributed by atoms with E-state index in [1.165, 1.54) is 24.6 Å². The van der Waals surface area contributed by atoms with E-state index in [1.807, 2.05) is 11.8 Å². The van der Waals surface area contributed by atoms with Gasteiger partial charge in [0.05, 0.1) is 16.5 Å². The van der Waals surface area contributed by atoms with Crippen molar-refractivity contribution in [3.63, 3.8) is 0 Å². The molecule has 0 bridgehead atoms. The van der Waals surface area contributed by atoms with E-state index in [4.69, 9.17) is 0 Å². The number of nitro benzene ring substituents is 1. The Hall–Kier alpha value is -2.74.